The molecule has 0 fully saturated rings. The average molecular weight is 244 g/mol. The average Bonchev–Trinajstić information content (AvgIpc) is 2.28. The molecule has 17 heavy (non-hydrogen) atoms. The number of unbranched alkanes of at least 4 members (excludes halogenated alkanes) is 2. The highest BCUT2D eigenvalue weighted by Gasteiger charge is 2.00. The van der Waals surface area contributed by atoms with E-state index in [2.05, 4.69) is 10.6 Å². The number of amides is 2. The van der Waals surface area contributed by atoms with E-state index in [9.17, 15) is 9.59 Å². The van der Waals surface area contributed by atoms with E-state index in [-0.39, 0.29) is 11.8 Å². The molecule has 0 saturated carbocycles. The monoisotopic (exact) mass is 244 g/mol. The van der Waals surface area contributed by atoms with Crippen molar-refractivity contribution >= 4 is 11.8 Å². The Morgan fingerprint density at radius 2 is 1.71 bits per heavy atom. The first kappa shape index (κ1) is 15.9. The van der Waals surface area contributed by atoms with Crippen LogP contribution in [0.2, 0.25) is 0 Å². The van der Waals surface area contributed by atoms with Gasteiger partial charge in [-0.3, -0.25) is 9.59 Å². The second kappa shape index (κ2) is 11.4. The maximum absolute atomic E-state index is 11.3. The standard InChI is InChI=1S/C12H24N2O3/c1-11(15)13-8-6-9-14-12(16)7-4-3-5-10-17-2/h3-10H2,1-2H3,(H,13,15)(H,14,16). The molecule has 0 aliphatic heterocycles. The predicted molar refractivity (Wildman–Crippen MR) is 66.7 cm³/mol. The molecule has 0 unspecified atom stereocenters. The summed E-state index contributed by atoms with van der Waals surface area (Å²) in [5.74, 6) is 0.0553. The van der Waals surface area contributed by atoms with Crippen molar-refractivity contribution in [1.82, 2.24) is 10.6 Å². The van der Waals surface area contributed by atoms with Gasteiger partial charge < -0.3 is 15.4 Å². The second-order valence-corrected chi connectivity index (χ2v) is 3.99. The maximum Gasteiger partial charge on any atom is 0.219 e. The summed E-state index contributed by atoms with van der Waals surface area (Å²) in [6.45, 7) is 3.48. The van der Waals surface area contributed by atoms with Gasteiger partial charge in [0.2, 0.25) is 11.8 Å². The van der Waals surface area contributed by atoms with E-state index in [0.29, 0.717) is 19.5 Å². The Balaban J connectivity index is 3.20. The van der Waals surface area contributed by atoms with Crippen molar-refractivity contribution in [1.29, 1.82) is 0 Å². The minimum absolute atomic E-state index is 0.0329. The fourth-order valence-electron chi connectivity index (χ4n) is 1.38. The number of hydrogen-bond donors (Lipinski definition) is 2. The Morgan fingerprint density at radius 1 is 1.00 bits per heavy atom. The number of carbonyl (C=O) groups excluding carboxylic acids is 2. The Labute approximate surface area is 103 Å². The van der Waals surface area contributed by atoms with Crippen LogP contribution in [0, 0.1) is 0 Å². The number of hydrogen-bond acceptors (Lipinski definition) is 3. The molecule has 0 aromatic carbocycles. The summed E-state index contributed by atoms with van der Waals surface area (Å²) in [6.07, 6.45) is 4.28. The molecule has 0 aromatic heterocycles. The smallest absolute Gasteiger partial charge is 0.219 e. The molecule has 0 heterocycles. The van der Waals surface area contributed by atoms with Gasteiger partial charge in [-0.2, -0.15) is 0 Å². The molecular formula is C12H24N2O3. The summed E-state index contributed by atoms with van der Waals surface area (Å²) in [7, 11) is 1.68. The van der Waals surface area contributed by atoms with Gasteiger partial charge in [-0.25, -0.2) is 0 Å². The van der Waals surface area contributed by atoms with Crippen LogP contribution in [0.25, 0.3) is 0 Å². The number of methoxy groups -OCH3 is 1. The van der Waals surface area contributed by atoms with Crippen LogP contribution in [0.5, 0.6) is 0 Å². The lowest BCUT2D eigenvalue weighted by Gasteiger charge is -2.05. The van der Waals surface area contributed by atoms with Gasteiger partial charge in [0.1, 0.15) is 0 Å². The van der Waals surface area contributed by atoms with Gasteiger partial charge in [0.05, 0.1) is 0 Å². The Bertz CT molecular complexity index is 220. The van der Waals surface area contributed by atoms with E-state index in [1.54, 1.807) is 7.11 Å². The van der Waals surface area contributed by atoms with Gasteiger partial charge in [0.15, 0.2) is 0 Å². The van der Waals surface area contributed by atoms with E-state index < -0.39 is 0 Å². The fourth-order valence-corrected chi connectivity index (χ4v) is 1.38. The normalized spacial score (nSPS) is 10.0. The first-order valence-corrected chi connectivity index (χ1v) is 6.17. The molecule has 5 heteroatoms. The third-order valence-corrected chi connectivity index (χ3v) is 2.30. The topological polar surface area (TPSA) is 67.4 Å². The fraction of sp³-hybridized carbons (Fsp3) is 0.833. The van der Waals surface area contributed by atoms with Crippen molar-refractivity contribution in [2.45, 2.75) is 39.0 Å². The lowest BCUT2D eigenvalue weighted by molar-refractivity contribution is -0.121. The van der Waals surface area contributed by atoms with Gasteiger partial charge in [-0.05, 0) is 19.3 Å². The SMILES string of the molecule is COCCCCCC(=O)NCCCNC(C)=O. The molecule has 0 saturated heterocycles. The molecule has 0 aromatic rings. The summed E-state index contributed by atoms with van der Waals surface area (Å²) >= 11 is 0. The van der Waals surface area contributed by atoms with Crippen molar-refractivity contribution < 1.29 is 14.3 Å². The van der Waals surface area contributed by atoms with Gasteiger partial charge >= 0.3 is 0 Å². The molecule has 100 valence electrons. The van der Waals surface area contributed by atoms with Crippen LogP contribution in [0.1, 0.15) is 39.0 Å². The first-order valence-electron chi connectivity index (χ1n) is 6.17. The molecule has 2 N–H and O–H groups in total. The molecule has 0 rings (SSSR count). The molecule has 2 amide bonds. The van der Waals surface area contributed by atoms with Crippen molar-refractivity contribution in [2.75, 3.05) is 26.8 Å². The van der Waals surface area contributed by atoms with E-state index in [4.69, 9.17) is 4.74 Å². The lowest BCUT2D eigenvalue weighted by atomic mass is 10.2. The molecule has 0 aliphatic carbocycles. The lowest BCUT2D eigenvalue weighted by Crippen LogP contribution is -2.28. The molecule has 0 atom stereocenters. The van der Waals surface area contributed by atoms with Crippen molar-refractivity contribution in [3.8, 4) is 0 Å². The zero-order valence-electron chi connectivity index (χ0n) is 10.9. The van der Waals surface area contributed by atoms with Crippen molar-refractivity contribution in [2.24, 2.45) is 0 Å². The highest BCUT2D eigenvalue weighted by atomic mass is 16.5. The Kier molecular flexibility index (Phi) is 10.7. The second-order valence-electron chi connectivity index (χ2n) is 3.99. The Morgan fingerprint density at radius 3 is 2.35 bits per heavy atom. The van der Waals surface area contributed by atoms with Crippen LogP contribution >= 0.6 is 0 Å². The van der Waals surface area contributed by atoms with Gasteiger partial charge in [0, 0.05) is 40.2 Å². The van der Waals surface area contributed by atoms with E-state index >= 15 is 0 Å². The van der Waals surface area contributed by atoms with Gasteiger partial charge in [-0.1, -0.05) is 6.42 Å². The van der Waals surface area contributed by atoms with E-state index in [1.807, 2.05) is 0 Å². The minimum atomic E-state index is -0.0329. The van der Waals surface area contributed by atoms with Gasteiger partial charge in [-0.15, -0.1) is 0 Å². The largest absolute Gasteiger partial charge is 0.385 e. The summed E-state index contributed by atoms with van der Waals surface area (Å²) in [5.41, 5.74) is 0. The van der Waals surface area contributed by atoms with Crippen molar-refractivity contribution in [3.05, 3.63) is 0 Å². The third kappa shape index (κ3) is 12.8. The van der Waals surface area contributed by atoms with E-state index in [1.165, 1.54) is 6.92 Å². The van der Waals surface area contributed by atoms with Gasteiger partial charge in [0.25, 0.3) is 0 Å². The zero-order chi connectivity index (χ0) is 12.9. The number of nitrogens with one attached hydrogen (secondary N) is 2. The third-order valence-electron chi connectivity index (χ3n) is 2.30. The number of rotatable bonds is 10. The summed E-state index contributed by atoms with van der Waals surface area (Å²) in [5, 5.41) is 5.51. The van der Waals surface area contributed by atoms with Crippen LogP contribution in [0.3, 0.4) is 0 Å². The predicted octanol–water partition coefficient (Wildman–Crippen LogP) is 0.836. The molecule has 0 radical (unpaired) electrons. The number of ether oxygens (including phenoxy) is 1. The summed E-state index contributed by atoms with van der Waals surface area (Å²) in [6, 6.07) is 0. The molecule has 0 aliphatic rings. The van der Waals surface area contributed by atoms with Crippen LogP contribution < -0.4 is 10.6 Å². The van der Waals surface area contributed by atoms with Crippen LogP contribution in [-0.4, -0.2) is 38.6 Å². The molecule has 5 nitrogen and oxygen atoms in total. The maximum atomic E-state index is 11.3. The molecule has 0 bridgehead atoms. The van der Waals surface area contributed by atoms with Crippen LogP contribution in [0.4, 0.5) is 0 Å². The van der Waals surface area contributed by atoms with Crippen LogP contribution in [0.15, 0.2) is 0 Å². The first-order chi connectivity index (χ1) is 8.16. The zero-order valence-corrected chi connectivity index (χ0v) is 10.9. The molecule has 0 spiro atoms. The summed E-state index contributed by atoms with van der Waals surface area (Å²) < 4.78 is 4.92. The van der Waals surface area contributed by atoms with Crippen LogP contribution in [-0.2, 0) is 14.3 Å². The molecular weight excluding hydrogens is 220 g/mol. The minimum Gasteiger partial charge on any atom is -0.385 e. The van der Waals surface area contributed by atoms with Crippen molar-refractivity contribution in [3.63, 3.8) is 0 Å². The highest BCUT2D eigenvalue weighted by molar-refractivity contribution is 5.75. The Hall–Kier alpha value is -1.10. The quantitative estimate of drug-likeness (QED) is 0.559. The number of carbonyl (C=O) groups is 2. The highest BCUT2D eigenvalue weighted by Crippen LogP contribution is 1.99. The summed E-state index contributed by atoms with van der Waals surface area (Å²) in [4.78, 5) is 21.9. The van der Waals surface area contributed by atoms with E-state index in [0.717, 1.165) is 32.3 Å².